The monoisotopic (exact) mass is 631 g/mol. The van der Waals surface area contributed by atoms with Crippen molar-refractivity contribution in [2.75, 3.05) is 6.54 Å². The molecule has 0 fully saturated rings. The average molecular weight is 633 g/mol. The molecule has 0 spiro atoms. The van der Waals surface area contributed by atoms with Crippen LogP contribution in [0.4, 0.5) is 5.69 Å². The van der Waals surface area contributed by atoms with Gasteiger partial charge in [-0.3, -0.25) is 0 Å². The fourth-order valence-electron chi connectivity index (χ4n) is 7.36. The maximum absolute atomic E-state index is 7.22. The zero-order valence-corrected chi connectivity index (χ0v) is 28.1. The fraction of sp³-hybridized carbons (Fsp3) is 0.293. The largest absolute Gasteiger partial charge is 0.340 e. The predicted molar refractivity (Wildman–Crippen MR) is 195 cm³/mol. The molecule has 0 radical (unpaired) electrons. The van der Waals surface area contributed by atoms with Crippen molar-refractivity contribution in [3.63, 3.8) is 0 Å². The first-order valence-electron chi connectivity index (χ1n) is 16.7. The third-order valence-corrected chi connectivity index (χ3v) is 10.4. The molecular weight excluding hydrogens is 591 g/mol. The van der Waals surface area contributed by atoms with Gasteiger partial charge in [0.25, 0.3) is 0 Å². The number of unbranched alkanes of at least 4 members (excludes halogenated alkanes) is 2. The van der Waals surface area contributed by atoms with Crippen molar-refractivity contribution < 1.29 is 4.58 Å². The van der Waals surface area contributed by atoms with Gasteiger partial charge in [-0.2, -0.15) is 4.58 Å². The van der Waals surface area contributed by atoms with Gasteiger partial charge in [0.15, 0.2) is 0 Å². The number of aromatic nitrogens is 1. The second kappa shape index (κ2) is 12.7. The molecule has 0 atom stereocenters. The molecule has 4 heteroatoms. The molecule has 0 saturated carbocycles. The summed E-state index contributed by atoms with van der Waals surface area (Å²) in [5.41, 5.74) is 8.93. The van der Waals surface area contributed by atoms with Crippen LogP contribution < -0.4 is 5.35 Å². The van der Waals surface area contributed by atoms with Crippen molar-refractivity contribution in [1.29, 1.82) is 0 Å². The number of rotatable bonds is 9. The van der Waals surface area contributed by atoms with E-state index in [1.165, 1.54) is 77.9 Å². The van der Waals surface area contributed by atoms with Crippen molar-refractivity contribution in [3.8, 4) is 0 Å². The molecule has 5 aromatic rings. The summed E-state index contributed by atoms with van der Waals surface area (Å²) in [6, 6.07) is 22.1. The maximum Gasteiger partial charge on any atom is 0.214 e. The topological polar surface area (TPSA) is 7.94 Å². The third-order valence-electron chi connectivity index (χ3n) is 9.68. The van der Waals surface area contributed by atoms with Crippen molar-refractivity contribution in [2.45, 2.75) is 72.3 Å². The zero-order valence-electron chi connectivity index (χ0n) is 26.6. The minimum absolute atomic E-state index is 0.785. The minimum Gasteiger partial charge on any atom is -0.340 e. The Morgan fingerprint density at radius 1 is 0.844 bits per heavy atom. The van der Waals surface area contributed by atoms with Gasteiger partial charge in [0.05, 0.1) is 16.5 Å². The van der Waals surface area contributed by atoms with Crippen molar-refractivity contribution in [2.24, 2.45) is 0 Å². The Labute approximate surface area is 276 Å². The van der Waals surface area contributed by atoms with Crippen LogP contribution in [0, 0.1) is 6.92 Å². The molecular formula is C41H41Cl2N2+. The molecule has 45 heavy (non-hydrogen) atoms. The number of halogens is 2. The first-order valence-corrected chi connectivity index (χ1v) is 17.4. The quantitative estimate of drug-likeness (QED) is 0.143. The van der Waals surface area contributed by atoms with E-state index < -0.39 is 0 Å². The first kappa shape index (κ1) is 30.1. The number of hydrogen-bond acceptors (Lipinski definition) is 0. The molecule has 1 aromatic heterocycles. The van der Waals surface area contributed by atoms with Gasteiger partial charge < -0.3 is 4.57 Å². The van der Waals surface area contributed by atoms with Crippen LogP contribution in [0.25, 0.3) is 38.5 Å². The van der Waals surface area contributed by atoms with Crippen LogP contribution in [0.15, 0.2) is 95.1 Å². The lowest BCUT2D eigenvalue weighted by molar-refractivity contribution is -0.436. The Balaban J connectivity index is 1.30. The lowest BCUT2D eigenvalue weighted by atomic mass is 9.93. The Bertz CT molecular complexity index is 2140. The van der Waals surface area contributed by atoms with Crippen LogP contribution in [0.2, 0.25) is 5.02 Å². The van der Waals surface area contributed by atoms with E-state index >= 15 is 0 Å². The Kier molecular flexibility index (Phi) is 8.46. The van der Waals surface area contributed by atoms with E-state index in [-0.39, 0.29) is 0 Å². The molecule has 1 aliphatic carbocycles. The summed E-state index contributed by atoms with van der Waals surface area (Å²) < 4.78 is 4.97. The van der Waals surface area contributed by atoms with Crippen molar-refractivity contribution in [3.05, 3.63) is 117 Å². The van der Waals surface area contributed by atoms with Gasteiger partial charge in [-0.15, -0.1) is 0 Å². The fourth-order valence-corrected chi connectivity index (χ4v) is 7.89. The van der Waals surface area contributed by atoms with E-state index in [9.17, 15) is 0 Å². The smallest absolute Gasteiger partial charge is 0.214 e. The SMILES string of the molecule is CCCCn1/c(=C/C=C2\CCCC(/C=C/C3=[N+](CCCC)c4ccc(C)c5cccc3c45)=C2Cl)c2cccc3cc(Cl)cc1c32. The van der Waals surface area contributed by atoms with Crippen LogP contribution in [-0.4, -0.2) is 21.4 Å². The lowest BCUT2D eigenvalue weighted by Crippen LogP contribution is -2.16. The van der Waals surface area contributed by atoms with Gasteiger partial charge in [0, 0.05) is 51.3 Å². The Morgan fingerprint density at radius 3 is 2.51 bits per heavy atom. The van der Waals surface area contributed by atoms with E-state index in [1.54, 1.807) is 0 Å². The molecule has 2 heterocycles. The lowest BCUT2D eigenvalue weighted by Gasteiger charge is -2.16. The summed E-state index contributed by atoms with van der Waals surface area (Å²) >= 11 is 13.8. The van der Waals surface area contributed by atoms with Gasteiger partial charge in [-0.05, 0) is 84.4 Å². The Morgan fingerprint density at radius 2 is 1.67 bits per heavy atom. The van der Waals surface area contributed by atoms with Crippen LogP contribution in [-0.2, 0) is 6.54 Å². The molecule has 0 unspecified atom stereocenters. The molecule has 0 saturated heterocycles. The van der Waals surface area contributed by atoms with E-state index in [0.29, 0.717) is 0 Å². The minimum atomic E-state index is 0.785. The molecule has 2 aliphatic rings. The predicted octanol–water partition coefficient (Wildman–Crippen LogP) is 11.3. The second-order valence-corrected chi connectivity index (χ2v) is 13.4. The van der Waals surface area contributed by atoms with Gasteiger partial charge >= 0.3 is 0 Å². The highest BCUT2D eigenvalue weighted by Gasteiger charge is 2.30. The first-order chi connectivity index (χ1) is 22.0. The summed E-state index contributed by atoms with van der Waals surface area (Å²) in [6.07, 6.45) is 16.8. The number of allylic oxidation sites excluding steroid dienone is 6. The standard InChI is InChI=1S/C41H41Cl2N2/c1-4-6-23-44-36(34-16-10-14-32-27(3)17-20-37(44)40(32)34)22-19-29-12-8-11-28(41(29)43)18-21-35-33-15-9-13-30-25-31(42)26-38(39(30)33)45(35)24-7-5-2/h9-10,13-22,25-26H,4-8,11-12,23-24H2,1-3H3/q+1. The Hall–Kier alpha value is -3.59. The van der Waals surface area contributed by atoms with Crippen LogP contribution in [0.3, 0.4) is 0 Å². The zero-order chi connectivity index (χ0) is 31.1. The third kappa shape index (κ3) is 5.37. The molecule has 2 nitrogen and oxygen atoms in total. The average Bonchev–Trinajstić information content (AvgIpc) is 3.52. The van der Waals surface area contributed by atoms with Crippen molar-refractivity contribution in [1.82, 2.24) is 4.57 Å². The summed E-state index contributed by atoms with van der Waals surface area (Å²) in [6.45, 7) is 8.71. The normalized spacial score (nSPS) is 16.7. The van der Waals surface area contributed by atoms with Gasteiger partial charge in [-0.1, -0.05) is 98.4 Å². The van der Waals surface area contributed by atoms with E-state index in [0.717, 1.165) is 61.7 Å². The molecule has 0 N–H and O–H groups in total. The van der Waals surface area contributed by atoms with E-state index in [4.69, 9.17) is 23.2 Å². The van der Waals surface area contributed by atoms with E-state index in [2.05, 4.69) is 115 Å². The van der Waals surface area contributed by atoms with Gasteiger partial charge in [0.1, 0.15) is 6.54 Å². The molecule has 4 aromatic carbocycles. The van der Waals surface area contributed by atoms with Gasteiger partial charge in [-0.25, -0.2) is 0 Å². The molecule has 0 bridgehead atoms. The van der Waals surface area contributed by atoms with Crippen LogP contribution >= 0.6 is 23.2 Å². The van der Waals surface area contributed by atoms with Crippen molar-refractivity contribution >= 4 is 73.1 Å². The van der Waals surface area contributed by atoms with Gasteiger partial charge in [0.2, 0.25) is 11.4 Å². The highest BCUT2D eigenvalue weighted by molar-refractivity contribution is 6.33. The van der Waals surface area contributed by atoms with Crippen LogP contribution in [0.5, 0.6) is 0 Å². The highest BCUT2D eigenvalue weighted by Crippen LogP contribution is 2.38. The molecule has 7 rings (SSSR count). The number of aryl methyl sites for hydroxylation is 2. The second-order valence-electron chi connectivity index (χ2n) is 12.6. The summed E-state index contributed by atoms with van der Waals surface area (Å²) in [7, 11) is 0. The molecule has 1 aliphatic heterocycles. The molecule has 228 valence electrons. The molecule has 0 amide bonds. The maximum atomic E-state index is 7.22. The number of hydrogen-bond donors (Lipinski definition) is 0. The number of benzene rings is 4. The number of nitrogens with zero attached hydrogens (tertiary/aromatic N) is 2. The summed E-state index contributed by atoms with van der Waals surface area (Å²) in [4.78, 5) is 0. The van der Waals surface area contributed by atoms with E-state index in [1.807, 2.05) is 0 Å². The summed E-state index contributed by atoms with van der Waals surface area (Å²) in [5, 5.41) is 9.42. The van der Waals surface area contributed by atoms with Crippen LogP contribution in [0.1, 0.15) is 69.9 Å². The summed E-state index contributed by atoms with van der Waals surface area (Å²) in [5.74, 6) is 0. The highest BCUT2D eigenvalue weighted by atomic mass is 35.5.